The molecule has 0 aromatic heterocycles. The van der Waals surface area contributed by atoms with E-state index in [1.54, 1.807) is 11.0 Å². The molecule has 0 bridgehead atoms. The van der Waals surface area contributed by atoms with E-state index in [0.717, 1.165) is 30.2 Å². The monoisotopic (exact) mass is 416 g/mol. The van der Waals surface area contributed by atoms with Gasteiger partial charge in [-0.05, 0) is 47.9 Å². The molecule has 1 aliphatic carbocycles. The van der Waals surface area contributed by atoms with E-state index in [2.05, 4.69) is 4.72 Å². The average molecular weight is 417 g/mol. The topological polar surface area (TPSA) is 66.5 Å². The molecule has 154 valence electrons. The molecule has 1 heterocycles. The van der Waals surface area contributed by atoms with Gasteiger partial charge in [0.2, 0.25) is 15.9 Å². The smallest absolute Gasteiger partial charge is 0.226 e. The molecule has 3 atom stereocenters. The van der Waals surface area contributed by atoms with E-state index in [1.165, 1.54) is 6.07 Å². The van der Waals surface area contributed by atoms with Crippen LogP contribution >= 0.6 is 0 Å². The second-order valence-corrected chi connectivity index (χ2v) is 9.81. The SMILES string of the molecule is CS(=O)(=O)N[C@@H]1CCCN(C(=O)[C@@H]2C[C@H]2c2c(F)cccc2-c2ccccc2)C1. The van der Waals surface area contributed by atoms with Gasteiger partial charge in [-0.15, -0.1) is 0 Å². The van der Waals surface area contributed by atoms with Gasteiger partial charge in [-0.3, -0.25) is 4.79 Å². The maximum atomic E-state index is 14.8. The number of hydrogen-bond acceptors (Lipinski definition) is 3. The molecule has 1 amide bonds. The van der Waals surface area contributed by atoms with Gasteiger partial charge in [0.15, 0.2) is 0 Å². The molecule has 5 nitrogen and oxygen atoms in total. The van der Waals surface area contributed by atoms with E-state index in [1.807, 2.05) is 36.4 Å². The summed E-state index contributed by atoms with van der Waals surface area (Å²) in [7, 11) is -3.31. The van der Waals surface area contributed by atoms with Crippen molar-refractivity contribution in [3.63, 3.8) is 0 Å². The molecule has 0 radical (unpaired) electrons. The van der Waals surface area contributed by atoms with Crippen molar-refractivity contribution in [1.29, 1.82) is 0 Å². The number of nitrogens with one attached hydrogen (secondary N) is 1. The highest BCUT2D eigenvalue weighted by atomic mass is 32.2. The molecule has 1 aliphatic heterocycles. The Labute approximate surface area is 171 Å². The van der Waals surface area contributed by atoms with Crippen LogP contribution in [-0.4, -0.2) is 44.6 Å². The highest BCUT2D eigenvalue weighted by Crippen LogP contribution is 2.52. The Morgan fingerprint density at radius 2 is 1.90 bits per heavy atom. The highest BCUT2D eigenvalue weighted by Gasteiger charge is 2.48. The van der Waals surface area contributed by atoms with Crippen LogP contribution in [0.1, 0.15) is 30.7 Å². The van der Waals surface area contributed by atoms with Crippen LogP contribution < -0.4 is 4.72 Å². The fourth-order valence-electron chi connectivity index (χ4n) is 4.38. The Morgan fingerprint density at radius 1 is 1.14 bits per heavy atom. The second kappa shape index (κ2) is 7.88. The summed E-state index contributed by atoms with van der Waals surface area (Å²) >= 11 is 0. The van der Waals surface area contributed by atoms with E-state index in [0.29, 0.717) is 25.1 Å². The first-order valence-electron chi connectivity index (χ1n) is 9.93. The lowest BCUT2D eigenvalue weighted by Crippen LogP contribution is -2.49. The molecule has 7 heteroatoms. The van der Waals surface area contributed by atoms with Crippen LogP contribution in [0.15, 0.2) is 48.5 Å². The van der Waals surface area contributed by atoms with E-state index in [9.17, 15) is 17.6 Å². The zero-order valence-electron chi connectivity index (χ0n) is 16.3. The maximum absolute atomic E-state index is 14.8. The molecule has 2 aromatic carbocycles. The van der Waals surface area contributed by atoms with Crippen LogP contribution in [-0.2, 0) is 14.8 Å². The highest BCUT2D eigenvalue weighted by molar-refractivity contribution is 7.88. The van der Waals surface area contributed by atoms with Crippen molar-refractivity contribution in [2.24, 2.45) is 5.92 Å². The van der Waals surface area contributed by atoms with Crippen LogP contribution in [0.4, 0.5) is 4.39 Å². The summed E-state index contributed by atoms with van der Waals surface area (Å²) in [5.74, 6) is -0.660. The number of benzene rings is 2. The molecule has 2 aliphatic rings. The van der Waals surface area contributed by atoms with E-state index < -0.39 is 10.0 Å². The van der Waals surface area contributed by atoms with Gasteiger partial charge in [-0.2, -0.15) is 0 Å². The van der Waals surface area contributed by atoms with Crippen molar-refractivity contribution in [2.75, 3.05) is 19.3 Å². The van der Waals surface area contributed by atoms with Gasteiger partial charge in [0, 0.05) is 25.0 Å². The molecule has 1 saturated heterocycles. The molecule has 4 rings (SSSR count). The lowest BCUT2D eigenvalue weighted by molar-refractivity contribution is -0.133. The molecule has 2 aromatic rings. The van der Waals surface area contributed by atoms with E-state index >= 15 is 0 Å². The summed E-state index contributed by atoms with van der Waals surface area (Å²) in [6, 6.07) is 14.5. The number of piperidine rings is 1. The molecule has 0 unspecified atom stereocenters. The van der Waals surface area contributed by atoms with Gasteiger partial charge >= 0.3 is 0 Å². The lowest BCUT2D eigenvalue weighted by atomic mass is 9.95. The maximum Gasteiger partial charge on any atom is 0.226 e. The van der Waals surface area contributed by atoms with Gasteiger partial charge in [0.05, 0.1) is 6.26 Å². The predicted octanol–water partition coefficient (Wildman–Crippen LogP) is 3.14. The zero-order chi connectivity index (χ0) is 20.6. The number of amides is 1. The predicted molar refractivity (Wildman–Crippen MR) is 110 cm³/mol. The summed E-state index contributed by atoms with van der Waals surface area (Å²) in [5.41, 5.74) is 2.39. The summed E-state index contributed by atoms with van der Waals surface area (Å²) in [6.45, 7) is 0.991. The van der Waals surface area contributed by atoms with Crippen LogP contribution in [0.2, 0.25) is 0 Å². The van der Waals surface area contributed by atoms with Crippen LogP contribution in [0.5, 0.6) is 0 Å². The number of halogens is 1. The van der Waals surface area contributed by atoms with Gasteiger partial charge in [0.25, 0.3) is 0 Å². The summed E-state index contributed by atoms with van der Waals surface area (Å²) in [6.07, 6.45) is 3.23. The van der Waals surface area contributed by atoms with E-state index in [-0.39, 0.29) is 29.6 Å². The Balaban J connectivity index is 1.51. The largest absolute Gasteiger partial charge is 0.341 e. The molecule has 29 heavy (non-hydrogen) atoms. The molecular weight excluding hydrogens is 391 g/mol. The molecule has 1 saturated carbocycles. The Kier molecular flexibility index (Phi) is 5.44. The Bertz CT molecular complexity index is 1010. The number of carbonyl (C=O) groups excluding carboxylic acids is 1. The number of carbonyl (C=O) groups is 1. The quantitative estimate of drug-likeness (QED) is 0.814. The minimum atomic E-state index is -3.31. The minimum absolute atomic E-state index is 0.00253. The first-order chi connectivity index (χ1) is 13.8. The third-order valence-corrected chi connectivity index (χ3v) is 6.49. The minimum Gasteiger partial charge on any atom is -0.341 e. The number of sulfonamides is 1. The van der Waals surface area contributed by atoms with Crippen LogP contribution in [0.25, 0.3) is 11.1 Å². The fourth-order valence-corrected chi connectivity index (χ4v) is 5.18. The number of hydrogen-bond donors (Lipinski definition) is 1. The van der Waals surface area contributed by atoms with Crippen molar-refractivity contribution in [2.45, 2.75) is 31.2 Å². The standard InChI is InChI=1S/C22H25FN2O3S/c1-29(27,28)24-16-9-6-12-25(14-16)22(26)19-13-18(19)21-17(10-5-11-20(21)23)15-7-3-2-4-8-15/h2-5,7-8,10-11,16,18-19,24H,6,9,12-14H2,1H3/t16-,18-,19-/m1/s1. The van der Waals surface area contributed by atoms with Gasteiger partial charge in [-0.25, -0.2) is 17.5 Å². The third kappa shape index (κ3) is 4.51. The first-order valence-corrected chi connectivity index (χ1v) is 11.8. The second-order valence-electron chi connectivity index (χ2n) is 8.03. The average Bonchev–Trinajstić information content (AvgIpc) is 3.47. The number of nitrogens with zero attached hydrogens (tertiary/aromatic N) is 1. The Morgan fingerprint density at radius 3 is 2.62 bits per heavy atom. The zero-order valence-corrected chi connectivity index (χ0v) is 17.2. The summed E-state index contributed by atoms with van der Waals surface area (Å²) in [5, 5.41) is 0. The summed E-state index contributed by atoms with van der Waals surface area (Å²) in [4.78, 5) is 14.8. The van der Waals surface area contributed by atoms with Crippen molar-refractivity contribution < 1.29 is 17.6 Å². The lowest BCUT2D eigenvalue weighted by Gasteiger charge is -2.33. The third-order valence-electron chi connectivity index (χ3n) is 5.73. The Hall–Kier alpha value is -2.25. The molecule has 1 N–H and O–H groups in total. The number of likely N-dealkylation sites (tertiary alicyclic amines) is 1. The van der Waals surface area contributed by atoms with Gasteiger partial charge < -0.3 is 4.90 Å². The normalized spacial score (nSPS) is 24.3. The van der Waals surface area contributed by atoms with Crippen LogP contribution in [0.3, 0.4) is 0 Å². The van der Waals surface area contributed by atoms with Gasteiger partial charge in [-0.1, -0.05) is 42.5 Å². The number of rotatable bonds is 5. The van der Waals surface area contributed by atoms with Gasteiger partial charge in [0.1, 0.15) is 5.82 Å². The van der Waals surface area contributed by atoms with E-state index in [4.69, 9.17) is 0 Å². The molecular formula is C22H25FN2O3S. The fraction of sp³-hybridized carbons (Fsp3) is 0.409. The van der Waals surface area contributed by atoms with Crippen molar-refractivity contribution in [1.82, 2.24) is 9.62 Å². The van der Waals surface area contributed by atoms with Crippen LogP contribution in [0, 0.1) is 11.7 Å². The van der Waals surface area contributed by atoms with Crippen molar-refractivity contribution >= 4 is 15.9 Å². The van der Waals surface area contributed by atoms with Crippen molar-refractivity contribution in [3.8, 4) is 11.1 Å². The molecule has 0 spiro atoms. The first kappa shape index (κ1) is 20.0. The molecule has 2 fully saturated rings. The summed E-state index contributed by atoms with van der Waals surface area (Å²) < 4.78 is 40.4. The van der Waals surface area contributed by atoms with Crippen molar-refractivity contribution in [3.05, 3.63) is 59.9 Å².